The SMILES string of the molecule is CCC(COC(=O)CCCCCBr)(COC(=O)CCCCCBr)COC(=O)CCCCCBr. The molecule has 0 N–H and O–H groups in total. The van der Waals surface area contributed by atoms with Gasteiger partial charge in [0.25, 0.3) is 0 Å². The van der Waals surface area contributed by atoms with Crippen molar-refractivity contribution in [1.29, 1.82) is 0 Å². The molecule has 9 heteroatoms. The van der Waals surface area contributed by atoms with Crippen molar-refractivity contribution in [2.45, 2.75) is 90.4 Å². The highest BCUT2D eigenvalue weighted by molar-refractivity contribution is 9.09. The van der Waals surface area contributed by atoms with Crippen LogP contribution in [0, 0.1) is 5.41 Å². The number of carbonyl (C=O) groups excluding carboxylic acids is 3. The molecule has 194 valence electrons. The molecule has 0 fully saturated rings. The van der Waals surface area contributed by atoms with Crippen LogP contribution in [0.1, 0.15) is 90.4 Å². The first kappa shape index (κ1) is 32.8. The quantitative estimate of drug-likeness (QED) is 0.0544. The van der Waals surface area contributed by atoms with E-state index in [1.54, 1.807) is 0 Å². The highest BCUT2D eigenvalue weighted by Crippen LogP contribution is 2.25. The fourth-order valence-electron chi connectivity index (χ4n) is 2.97. The smallest absolute Gasteiger partial charge is 0.305 e. The third kappa shape index (κ3) is 18.8. The minimum atomic E-state index is -0.734. The van der Waals surface area contributed by atoms with E-state index in [-0.39, 0.29) is 37.7 Å². The maximum atomic E-state index is 12.2. The number of carbonyl (C=O) groups is 3. The molecule has 0 spiro atoms. The van der Waals surface area contributed by atoms with Crippen molar-refractivity contribution in [1.82, 2.24) is 0 Å². The van der Waals surface area contributed by atoms with E-state index in [9.17, 15) is 14.4 Å². The minimum absolute atomic E-state index is 0.0640. The summed E-state index contributed by atoms with van der Waals surface area (Å²) >= 11 is 10.2. The summed E-state index contributed by atoms with van der Waals surface area (Å²) in [6.07, 6.45) is 9.86. The Bertz CT molecular complexity index is 461. The van der Waals surface area contributed by atoms with Gasteiger partial charge in [0, 0.05) is 35.3 Å². The predicted molar refractivity (Wildman–Crippen MR) is 142 cm³/mol. The number of halogens is 3. The lowest BCUT2D eigenvalue weighted by Crippen LogP contribution is -2.39. The van der Waals surface area contributed by atoms with Crippen LogP contribution in [-0.4, -0.2) is 53.7 Å². The number of hydrogen-bond donors (Lipinski definition) is 0. The highest BCUT2D eigenvalue weighted by Gasteiger charge is 2.34. The zero-order valence-electron chi connectivity index (χ0n) is 20.0. The molecule has 0 aromatic heterocycles. The van der Waals surface area contributed by atoms with Gasteiger partial charge in [-0.15, -0.1) is 0 Å². The summed E-state index contributed by atoms with van der Waals surface area (Å²) < 4.78 is 16.6. The van der Waals surface area contributed by atoms with Crippen molar-refractivity contribution in [3.63, 3.8) is 0 Å². The summed E-state index contributed by atoms with van der Waals surface area (Å²) in [4.78, 5) is 36.6. The van der Waals surface area contributed by atoms with E-state index >= 15 is 0 Å². The van der Waals surface area contributed by atoms with Crippen LogP contribution < -0.4 is 0 Å². The predicted octanol–water partition coefficient (Wildman–Crippen LogP) is 6.88. The molecule has 0 radical (unpaired) electrons. The van der Waals surface area contributed by atoms with Gasteiger partial charge < -0.3 is 14.2 Å². The first-order chi connectivity index (χ1) is 15.9. The normalized spacial score (nSPS) is 11.3. The monoisotopic (exact) mass is 662 g/mol. The molecular formula is C24H41Br3O6. The summed E-state index contributed by atoms with van der Waals surface area (Å²) in [5, 5.41) is 2.76. The van der Waals surface area contributed by atoms with Gasteiger partial charge in [-0.05, 0) is 44.9 Å². The van der Waals surface area contributed by atoms with Crippen LogP contribution in [0.25, 0.3) is 0 Å². The molecule has 0 aliphatic heterocycles. The Morgan fingerprint density at radius 3 is 1.09 bits per heavy atom. The van der Waals surface area contributed by atoms with Gasteiger partial charge in [0.15, 0.2) is 0 Å². The Morgan fingerprint density at radius 2 is 0.848 bits per heavy atom. The standard InChI is InChI=1S/C24H41Br3O6/c1-2-24(18-31-21(28)12-6-3-9-15-25,19-32-22(29)13-7-4-10-16-26)20-33-23(30)14-8-5-11-17-27/h2-20H2,1H3. The molecule has 0 bridgehead atoms. The van der Waals surface area contributed by atoms with Crippen LogP contribution in [-0.2, 0) is 28.6 Å². The number of esters is 3. The molecule has 0 unspecified atom stereocenters. The van der Waals surface area contributed by atoms with Gasteiger partial charge in [-0.25, -0.2) is 0 Å². The van der Waals surface area contributed by atoms with Gasteiger partial charge in [0.2, 0.25) is 0 Å². The Kier molecular flexibility index (Phi) is 22.2. The van der Waals surface area contributed by atoms with E-state index in [0.29, 0.717) is 25.7 Å². The summed E-state index contributed by atoms with van der Waals surface area (Å²) in [5.41, 5.74) is -0.734. The van der Waals surface area contributed by atoms with Gasteiger partial charge in [-0.3, -0.25) is 14.4 Å². The molecule has 0 aromatic rings. The van der Waals surface area contributed by atoms with Crippen molar-refractivity contribution in [2.75, 3.05) is 35.8 Å². The highest BCUT2D eigenvalue weighted by atomic mass is 79.9. The van der Waals surface area contributed by atoms with Gasteiger partial charge in [-0.2, -0.15) is 0 Å². The summed E-state index contributed by atoms with van der Waals surface area (Å²) in [6.45, 7) is 2.12. The van der Waals surface area contributed by atoms with Gasteiger partial charge in [0.1, 0.15) is 19.8 Å². The van der Waals surface area contributed by atoms with Crippen LogP contribution in [0.3, 0.4) is 0 Å². The van der Waals surface area contributed by atoms with Crippen LogP contribution >= 0.6 is 47.8 Å². The second-order valence-electron chi connectivity index (χ2n) is 8.33. The van der Waals surface area contributed by atoms with E-state index in [0.717, 1.165) is 73.8 Å². The number of alkyl halides is 3. The second kappa shape index (κ2) is 22.3. The summed E-state index contributed by atoms with van der Waals surface area (Å²) in [7, 11) is 0. The van der Waals surface area contributed by atoms with Crippen molar-refractivity contribution in [2.24, 2.45) is 5.41 Å². The van der Waals surface area contributed by atoms with E-state index in [4.69, 9.17) is 14.2 Å². The maximum Gasteiger partial charge on any atom is 0.305 e. The molecule has 0 amide bonds. The molecule has 0 aliphatic rings. The average molecular weight is 665 g/mol. The van der Waals surface area contributed by atoms with Gasteiger partial charge in [0.05, 0.1) is 5.41 Å². The molecule has 33 heavy (non-hydrogen) atoms. The fourth-order valence-corrected chi connectivity index (χ4v) is 4.16. The lowest BCUT2D eigenvalue weighted by Gasteiger charge is -2.31. The molecular weight excluding hydrogens is 624 g/mol. The van der Waals surface area contributed by atoms with Crippen LogP contribution in [0.2, 0.25) is 0 Å². The van der Waals surface area contributed by atoms with E-state index < -0.39 is 5.41 Å². The maximum absolute atomic E-state index is 12.2. The third-order valence-electron chi connectivity index (χ3n) is 5.41. The summed E-state index contributed by atoms with van der Waals surface area (Å²) in [6, 6.07) is 0. The molecule has 0 rings (SSSR count). The van der Waals surface area contributed by atoms with Crippen LogP contribution in [0.5, 0.6) is 0 Å². The minimum Gasteiger partial charge on any atom is -0.465 e. The van der Waals surface area contributed by atoms with Crippen LogP contribution in [0.4, 0.5) is 0 Å². The molecule has 0 atom stereocenters. The van der Waals surface area contributed by atoms with Crippen molar-refractivity contribution >= 4 is 65.7 Å². The lowest BCUT2D eigenvalue weighted by atomic mass is 9.88. The van der Waals surface area contributed by atoms with Crippen molar-refractivity contribution in [3.05, 3.63) is 0 Å². The lowest BCUT2D eigenvalue weighted by molar-refractivity contribution is -0.162. The van der Waals surface area contributed by atoms with E-state index in [2.05, 4.69) is 47.8 Å². The fraction of sp³-hybridized carbons (Fsp3) is 0.875. The largest absolute Gasteiger partial charge is 0.465 e. The zero-order chi connectivity index (χ0) is 24.8. The number of ether oxygens (including phenoxy) is 3. The Hall–Kier alpha value is -0.150. The van der Waals surface area contributed by atoms with Gasteiger partial charge >= 0.3 is 17.9 Å². The molecule has 0 saturated heterocycles. The Balaban J connectivity index is 4.78. The molecule has 6 nitrogen and oxygen atoms in total. The summed E-state index contributed by atoms with van der Waals surface area (Å²) in [5.74, 6) is -0.821. The van der Waals surface area contributed by atoms with Gasteiger partial charge in [-0.1, -0.05) is 74.0 Å². The molecule has 0 saturated carbocycles. The topological polar surface area (TPSA) is 78.9 Å². The first-order valence-electron chi connectivity index (χ1n) is 12.1. The van der Waals surface area contributed by atoms with E-state index in [1.165, 1.54) is 0 Å². The molecule has 0 aliphatic carbocycles. The number of hydrogen-bond acceptors (Lipinski definition) is 6. The second-order valence-corrected chi connectivity index (χ2v) is 10.7. The Morgan fingerprint density at radius 1 is 0.545 bits per heavy atom. The third-order valence-corrected chi connectivity index (χ3v) is 7.09. The number of rotatable bonds is 22. The Labute approximate surface area is 225 Å². The van der Waals surface area contributed by atoms with Crippen molar-refractivity contribution < 1.29 is 28.6 Å². The molecule has 0 heterocycles. The first-order valence-corrected chi connectivity index (χ1v) is 15.4. The number of unbranched alkanes of at least 4 members (excludes halogenated alkanes) is 6. The van der Waals surface area contributed by atoms with E-state index in [1.807, 2.05) is 6.92 Å². The van der Waals surface area contributed by atoms with Crippen molar-refractivity contribution in [3.8, 4) is 0 Å². The molecule has 0 aromatic carbocycles. The average Bonchev–Trinajstić information content (AvgIpc) is 2.82. The zero-order valence-corrected chi connectivity index (χ0v) is 24.8. The van der Waals surface area contributed by atoms with Crippen LogP contribution in [0.15, 0.2) is 0 Å².